The second-order valence-corrected chi connectivity index (χ2v) is 8.58. The second kappa shape index (κ2) is 8.61. The van der Waals surface area contributed by atoms with Crippen LogP contribution in [0.4, 0.5) is 4.39 Å². The minimum atomic E-state index is -0.327. The number of ether oxygens (including phenoxy) is 1. The highest BCUT2D eigenvalue weighted by Gasteiger charge is 2.19. The van der Waals surface area contributed by atoms with Gasteiger partial charge in [0.25, 0.3) is 5.56 Å². The van der Waals surface area contributed by atoms with Gasteiger partial charge in [0.2, 0.25) is 0 Å². The molecule has 0 spiro atoms. The Hall–Kier alpha value is -2.29. The molecular formula is C21H25FN4O2S. The van der Waals surface area contributed by atoms with Crippen molar-refractivity contribution in [2.75, 3.05) is 39.3 Å². The molecule has 3 aromatic rings. The number of nitrogens with zero attached hydrogens (tertiary/aromatic N) is 3. The average Bonchev–Trinajstić information content (AvgIpc) is 2.99. The molecule has 1 N–H and O–H groups in total. The lowest BCUT2D eigenvalue weighted by atomic mass is 10.2. The van der Waals surface area contributed by atoms with Gasteiger partial charge in [0.1, 0.15) is 17.3 Å². The predicted octanol–water partition coefficient (Wildman–Crippen LogP) is 2.94. The summed E-state index contributed by atoms with van der Waals surface area (Å²) in [5.74, 6) is 0.697. The summed E-state index contributed by atoms with van der Waals surface area (Å²) in [5.41, 5.74) is 0.979. The van der Waals surface area contributed by atoms with Gasteiger partial charge in [0.05, 0.1) is 11.9 Å². The molecule has 1 aliphatic heterocycles. The van der Waals surface area contributed by atoms with Crippen molar-refractivity contribution in [2.45, 2.75) is 20.4 Å². The third kappa shape index (κ3) is 4.49. The van der Waals surface area contributed by atoms with Crippen molar-refractivity contribution in [3.8, 4) is 5.75 Å². The van der Waals surface area contributed by atoms with E-state index in [1.807, 2.05) is 13.8 Å². The van der Waals surface area contributed by atoms with E-state index >= 15 is 0 Å². The van der Waals surface area contributed by atoms with Crippen LogP contribution in [0, 0.1) is 19.7 Å². The van der Waals surface area contributed by atoms with E-state index in [-0.39, 0.29) is 11.4 Å². The van der Waals surface area contributed by atoms with Crippen molar-refractivity contribution < 1.29 is 9.13 Å². The molecule has 0 unspecified atom stereocenters. The minimum Gasteiger partial charge on any atom is -0.489 e. The number of rotatable bonds is 6. The van der Waals surface area contributed by atoms with E-state index in [4.69, 9.17) is 4.74 Å². The highest BCUT2D eigenvalue weighted by molar-refractivity contribution is 7.18. The highest BCUT2D eigenvalue weighted by Crippen LogP contribution is 2.25. The molecule has 0 amide bonds. The van der Waals surface area contributed by atoms with Crippen molar-refractivity contribution >= 4 is 21.6 Å². The van der Waals surface area contributed by atoms with Crippen LogP contribution in [0.1, 0.15) is 16.3 Å². The van der Waals surface area contributed by atoms with E-state index in [0.29, 0.717) is 18.9 Å². The van der Waals surface area contributed by atoms with Crippen molar-refractivity contribution in [2.24, 2.45) is 0 Å². The third-order valence-electron chi connectivity index (χ3n) is 5.43. The zero-order chi connectivity index (χ0) is 20.4. The van der Waals surface area contributed by atoms with Crippen LogP contribution in [0.3, 0.4) is 0 Å². The van der Waals surface area contributed by atoms with Crippen LogP contribution >= 0.6 is 11.3 Å². The van der Waals surface area contributed by atoms with Gasteiger partial charge in [-0.25, -0.2) is 9.37 Å². The monoisotopic (exact) mass is 416 g/mol. The Morgan fingerprint density at radius 2 is 1.90 bits per heavy atom. The van der Waals surface area contributed by atoms with Crippen molar-refractivity contribution in [1.29, 1.82) is 0 Å². The molecule has 0 bridgehead atoms. The fraction of sp³-hybridized carbons (Fsp3) is 0.429. The van der Waals surface area contributed by atoms with E-state index in [0.717, 1.165) is 59.2 Å². The Morgan fingerprint density at radius 1 is 1.17 bits per heavy atom. The maximum Gasteiger partial charge on any atom is 0.259 e. The second-order valence-electron chi connectivity index (χ2n) is 7.37. The van der Waals surface area contributed by atoms with Crippen molar-refractivity contribution in [1.82, 2.24) is 19.8 Å². The number of piperazine rings is 1. The van der Waals surface area contributed by atoms with Crippen molar-refractivity contribution in [3.05, 3.63) is 56.7 Å². The lowest BCUT2D eigenvalue weighted by Gasteiger charge is -2.34. The molecule has 2 aromatic heterocycles. The van der Waals surface area contributed by atoms with Crippen LogP contribution in [0.5, 0.6) is 5.75 Å². The summed E-state index contributed by atoms with van der Waals surface area (Å²) in [5, 5.41) is 0.718. The Labute approximate surface area is 172 Å². The summed E-state index contributed by atoms with van der Waals surface area (Å²) < 4.78 is 19.1. The lowest BCUT2D eigenvalue weighted by Crippen LogP contribution is -2.47. The predicted molar refractivity (Wildman–Crippen MR) is 113 cm³/mol. The van der Waals surface area contributed by atoms with Gasteiger partial charge in [-0.1, -0.05) is 12.1 Å². The average molecular weight is 417 g/mol. The molecule has 29 heavy (non-hydrogen) atoms. The van der Waals surface area contributed by atoms with Gasteiger partial charge in [0.15, 0.2) is 11.6 Å². The first-order valence-corrected chi connectivity index (χ1v) is 10.6. The molecule has 1 fully saturated rings. The van der Waals surface area contributed by atoms with Gasteiger partial charge in [0, 0.05) is 37.6 Å². The number of H-pyrrole nitrogens is 1. The number of aromatic nitrogens is 2. The SMILES string of the molecule is Cc1sc2nc(CN3CCN(CCOc4ccccc4F)CC3)[nH]c(=O)c2c1C. The topological polar surface area (TPSA) is 61.5 Å². The van der Waals surface area contributed by atoms with E-state index in [1.54, 1.807) is 29.5 Å². The first kappa shape index (κ1) is 20.0. The van der Waals surface area contributed by atoms with Crippen LogP contribution in [-0.2, 0) is 6.54 Å². The minimum absolute atomic E-state index is 0.0456. The number of aromatic amines is 1. The number of thiophene rings is 1. The number of nitrogens with one attached hydrogen (secondary N) is 1. The number of aryl methyl sites for hydroxylation is 2. The summed E-state index contributed by atoms with van der Waals surface area (Å²) >= 11 is 1.58. The van der Waals surface area contributed by atoms with Crippen LogP contribution in [0.15, 0.2) is 29.1 Å². The molecule has 0 saturated carbocycles. The molecule has 154 valence electrons. The van der Waals surface area contributed by atoms with E-state index in [1.165, 1.54) is 6.07 Å². The number of hydrogen-bond donors (Lipinski definition) is 1. The molecule has 0 aliphatic carbocycles. The summed E-state index contributed by atoms with van der Waals surface area (Å²) in [6, 6.07) is 6.48. The molecule has 1 aromatic carbocycles. The maximum atomic E-state index is 13.6. The third-order valence-corrected chi connectivity index (χ3v) is 6.53. The van der Waals surface area contributed by atoms with Gasteiger partial charge in [-0.05, 0) is 31.5 Å². The Kier molecular flexibility index (Phi) is 5.94. The standard InChI is InChI=1S/C21H25FN4O2S/c1-14-15(2)29-21-19(14)20(27)23-18(24-21)13-26-9-7-25(8-10-26)11-12-28-17-6-4-3-5-16(17)22/h3-6H,7-13H2,1-2H3,(H,23,24,27). The van der Waals surface area contributed by atoms with Crippen LogP contribution in [-0.4, -0.2) is 59.1 Å². The summed E-state index contributed by atoms with van der Waals surface area (Å²) in [6.07, 6.45) is 0. The molecule has 1 aliphatic rings. The molecular weight excluding hydrogens is 391 g/mol. The quantitative estimate of drug-likeness (QED) is 0.670. The molecule has 8 heteroatoms. The molecule has 3 heterocycles. The Morgan fingerprint density at radius 3 is 2.66 bits per heavy atom. The highest BCUT2D eigenvalue weighted by atomic mass is 32.1. The number of fused-ring (bicyclic) bond motifs is 1. The van der Waals surface area contributed by atoms with Crippen LogP contribution in [0.2, 0.25) is 0 Å². The molecule has 0 radical (unpaired) electrons. The first-order valence-electron chi connectivity index (χ1n) is 9.82. The number of benzene rings is 1. The lowest BCUT2D eigenvalue weighted by molar-refractivity contribution is 0.110. The number of para-hydroxylation sites is 1. The Bertz CT molecular complexity index is 1060. The van der Waals surface area contributed by atoms with Gasteiger partial charge >= 0.3 is 0 Å². The number of hydrogen-bond acceptors (Lipinski definition) is 6. The Balaban J connectivity index is 1.28. The first-order chi connectivity index (χ1) is 14.0. The van der Waals surface area contributed by atoms with Gasteiger partial charge < -0.3 is 9.72 Å². The van der Waals surface area contributed by atoms with Gasteiger partial charge in [-0.2, -0.15) is 0 Å². The smallest absolute Gasteiger partial charge is 0.259 e. The fourth-order valence-corrected chi connectivity index (χ4v) is 4.65. The van der Waals surface area contributed by atoms with Crippen LogP contribution < -0.4 is 10.3 Å². The van der Waals surface area contributed by atoms with E-state index in [2.05, 4.69) is 19.8 Å². The van der Waals surface area contributed by atoms with Crippen molar-refractivity contribution in [3.63, 3.8) is 0 Å². The molecule has 4 rings (SSSR count). The fourth-order valence-electron chi connectivity index (χ4n) is 3.60. The molecule has 0 atom stereocenters. The largest absolute Gasteiger partial charge is 0.489 e. The zero-order valence-corrected chi connectivity index (χ0v) is 17.5. The van der Waals surface area contributed by atoms with E-state index in [9.17, 15) is 9.18 Å². The van der Waals surface area contributed by atoms with Gasteiger partial charge in [-0.15, -0.1) is 11.3 Å². The normalized spacial score (nSPS) is 15.8. The summed E-state index contributed by atoms with van der Waals surface area (Å²) in [4.78, 5) is 26.6. The summed E-state index contributed by atoms with van der Waals surface area (Å²) in [7, 11) is 0. The molecule has 6 nitrogen and oxygen atoms in total. The van der Waals surface area contributed by atoms with Gasteiger partial charge in [-0.3, -0.25) is 14.6 Å². The molecule has 1 saturated heterocycles. The summed E-state index contributed by atoms with van der Waals surface area (Å²) in [6.45, 7) is 9.46. The number of halogens is 1. The van der Waals surface area contributed by atoms with E-state index < -0.39 is 0 Å². The van der Waals surface area contributed by atoms with Crippen LogP contribution in [0.25, 0.3) is 10.2 Å². The zero-order valence-electron chi connectivity index (χ0n) is 16.7. The maximum absolute atomic E-state index is 13.6.